The summed E-state index contributed by atoms with van der Waals surface area (Å²) >= 11 is 0. The summed E-state index contributed by atoms with van der Waals surface area (Å²) in [6.45, 7) is 5.48. The number of quaternary nitrogens is 1. The van der Waals surface area contributed by atoms with Crippen LogP contribution in [0.3, 0.4) is 0 Å². The highest BCUT2D eigenvalue weighted by Gasteiger charge is 2.25. The molecule has 0 radical (unpaired) electrons. The molecule has 0 aromatic rings. The van der Waals surface area contributed by atoms with Crippen molar-refractivity contribution in [1.82, 2.24) is 0 Å². The summed E-state index contributed by atoms with van der Waals surface area (Å²) in [5.74, 6) is 0. The second-order valence-electron chi connectivity index (χ2n) is 20.5. The lowest BCUT2D eigenvalue weighted by Crippen LogP contribution is -2.37. The Labute approximate surface area is 400 Å². The van der Waals surface area contributed by atoms with Crippen molar-refractivity contribution in [2.45, 2.75) is 290 Å². The van der Waals surface area contributed by atoms with E-state index in [4.69, 9.17) is 18.5 Å². The molecule has 1 unspecified atom stereocenters. The van der Waals surface area contributed by atoms with Crippen LogP contribution in [0.4, 0.5) is 0 Å². The van der Waals surface area contributed by atoms with Gasteiger partial charge in [-0.3, -0.25) is 9.05 Å². The van der Waals surface area contributed by atoms with Crippen molar-refractivity contribution in [3.05, 3.63) is 24.7 Å². The first-order chi connectivity index (χ1) is 31.2. The van der Waals surface area contributed by atoms with Gasteiger partial charge in [0.05, 0.1) is 40.3 Å². The molecule has 2 atom stereocenters. The van der Waals surface area contributed by atoms with Crippen LogP contribution in [-0.2, 0) is 23.1 Å². The second kappa shape index (κ2) is 50.0. The molecule has 0 aromatic carbocycles. The van der Waals surface area contributed by atoms with Crippen molar-refractivity contribution in [2.75, 3.05) is 47.5 Å². The first-order valence-corrected chi connectivity index (χ1v) is 29.7. The van der Waals surface area contributed by atoms with Gasteiger partial charge in [0.2, 0.25) is 0 Å². The van der Waals surface area contributed by atoms with Gasteiger partial charge in [-0.1, -0.05) is 258 Å². The average molecular weight is 927 g/mol. The zero-order chi connectivity index (χ0) is 46.8. The van der Waals surface area contributed by atoms with Crippen molar-refractivity contribution >= 4 is 7.82 Å². The topological polar surface area (TPSA) is 74.2 Å². The van der Waals surface area contributed by atoms with E-state index in [1.165, 1.54) is 250 Å². The Bertz CT molecular complexity index is 1020. The van der Waals surface area contributed by atoms with Gasteiger partial charge >= 0.3 is 7.82 Å². The van der Waals surface area contributed by atoms with E-state index in [1.807, 2.05) is 27.2 Å². The summed E-state index contributed by atoms with van der Waals surface area (Å²) in [6.07, 6.45) is 64.6. The van der Waals surface area contributed by atoms with Crippen LogP contribution in [0.1, 0.15) is 284 Å². The minimum absolute atomic E-state index is 0.0883. The first kappa shape index (κ1) is 63.1. The fourth-order valence-electron chi connectivity index (χ4n) is 8.34. The van der Waals surface area contributed by atoms with Gasteiger partial charge in [0, 0.05) is 0 Å². The number of rotatable bonds is 54. The van der Waals surface area contributed by atoms with Gasteiger partial charge in [0.15, 0.2) is 6.10 Å². The smallest absolute Gasteiger partial charge is 0.472 e. The van der Waals surface area contributed by atoms with Crippen LogP contribution in [0, 0.1) is 0 Å². The number of likely N-dealkylation sites (N-methyl/N-ethyl adjacent to an activating group) is 1. The van der Waals surface area contributed by atoms with Crippen LogP contribution in [-0.4, -0.2) is 63.0 Å². The minimum Gasteiger partial charge on any atom is -0.498 e. The Kier molecular flexibility index (Phi) is 49.4. The van der Waals surface area contributed by atoms with Crippen molar-refractivity contribution in [2.24, 2.45) is 0 Å². The lowest BCUT2D eigenvalue weighted by Gasteiger charge is -2.24. The summed E-state index contributed by atoms with van der Waals surface area (Å²) in [6, 6.07) is 0. The van der Waals surface area contributed by atoms with E-state index in [-0.39, 0.29) is 19.8 Å². The average Bonchev–Trinajstić information content (AvgIpc) is 3.26. The molecule has 0 amide bonds. The second-order valence-corrected chi connectivity index (χ2v) is 21.9. The molecule has 0 aliphatic rings. The number of hydrogen-bond acceptors (Lipinski definition) is 5. The van der Waals surface area contributed by atoms with Gasteiger partial charge in [0.1, 0.15) is 19.8 Å². The van der Waals surface area contributed by atoms with Crippen molar-refractivity contribution in [1.29, 1.82) is 0 Å². The molecule has 0 fully saturated rings. The van der Waals surface area contributed by atoms with Gasteiger partial charge in [-0.2, -0.15) is 0 Å². The van der Waals surface area contributed by atoms with Gasteiger partial charge in [0.25, 0.3) is 0 Å². The molecular weight excluding hydrogens is 814 g/mol. The van der Waals surface area contributed by atoms with Crippen LogP contribution in [0.25, 0.3) is 0 Å². The Hall–Kier alpha value is -0.850. The monoisotopic (exact) mass is 927 g/mol. The van der Waals surface area contributed by atoms with Crippen LogP contribution < -0.4 is 0 Å². The Balaban J connectivity index is 4.03. The zero-order valence-electron chi connectivity index (χ0n) is 43.8. The third-order valence-corrected chi connectivity index (χ3v) is 13.7. The third-order valence-electron chi connectivity index (χ3n) is 12.7. The van der Waals surface area contributed by atoms with Crippen molar-refractivity contribution in [3.8, 4) is 0 Å². The van der Waals surface area contributed by atoms with Crippen molar-refractivity contribution in [3.63, 3.8) is 0 Å². The van der Waals surface area contributed by atoms with E-state index < -0.39 is 13.9 Å². The molecule has 0 saturated heterocycles. The molecule has 0 aliphatic carbocycles. The number of nitrogens with zero attached hydrogens (tertiary/aromatic N) is 1. The van der Waals surface area contributed by atoms with Crippen LogP contribution >= 0.6 is 7.82 Å². The molecule has 8 heteroatoms. The molecule has 7 nitrogen and oxygen atoms in total. The molecule has 0 bridgehead atoms. The Morgan fingerprint density at radius 1 is 0.422 bits per heavy atom. The fraction of sp³-hybridized carbons (Fsp3) is 0.929. The quantitative estimate of drug-likeness (QED) is 0.0284. The third kappa shape index (κ3) is 53.8. The molecule has 382 valence electrons. The van der Waals surface area contributed by atoms with E-state index in [1.54, 1.807) is 12.5 Å². The summed E-state index contributed by atoms with van der Waals surface area (Å²) in [5.41, 5.74) is 0. The van der Waals surface area contributed by atoms with Crippen LogP contribution in [0.2, 0.25) is 0 Å². The summed E-state index contributed by atoms with van der Waals surface area (Å²) in [7, 11) is 1.85. The first-order valence-electron chi connectivity index (χ1n) is 28.2. The maximum absolute atomic E-state index is 12.5. The normalized spacial score (nSPS) is 13.7. The van der Waals surface area contributed by atoms with Gasteiger partial charge in [-0.15, -0.1) is 0 Å². The molecule has 0 saturated carbocycles. The van der Waals surface area contributed by atoms with E-state index in [2.05, 4.69) is 19.9 Å². The highest BCUT2D eigenvalue weighted by Crippen LogP contribution is 2.43. The maximum atomic E-state index is 12.5. The van der Waals surface area contributed by atoms with E-state index in [9.17, 15) is 9.46 Å². The van der Waals surface area contributed by atoms with Crippen LogP contribution in [0.15, 0.2) is 24.7 Å². The molecule has 0 aliphatic heterocycles. The predicted molar refractivity (Wildman–Crippen MR) is 279 cm³/mol. The maximum Gasteiger partial charge on any atom is 0.472 e. The fourth-order valence-corrected chi connectivity index (χ4v) is 9.08. The van der Waals surface area contributed by atoms with E-state index in [0.717, 1.165) is 19.3 Å². The summed E-state index contributed by atoms with van der Waals surface area (Å²) < 4.78 is 35.5. The molecule has 64 heavy (non-hydrogen) atoms. The number of ether oxygens (including phenoxy) is 2. The van der Waals surface area contributed by atoms with Gasteiger partial charge in [-0.25, -0.2) is 4.57 Å². The largest absolute Gasteiger partial charge is 0.498 e. The Morgan fingerprint density at radius 2 is 0.719 bits per heavy atom. The number of phosphoric acid groups is 1. The summed E-state index contributed by atoms with van der Waals surface area (Å²) in [4.78, 5) is 10.3. The molecular formula is C56H113NO6P+. The molecule has 1 N–H and O–H groups in total. The van der Waals surface area contributed by atoms with Gasteiger partial charge in [-0.05, 0) is 37.8 Å². The van der Waals surface area contributed by atoms with Crippen molar-refractivity contribution < 1.29 is 32.5 Å². The molecule has 0 heterocycles. The number of hydrogen-bond donors (Lipinski definition) is 1. The molecule has 0 spiro atoms. The van der Waals surface area contributed by atoms with E-state index >= 15 is 0 Å². The zero-order valence-corrected chi connectivity index (χ0v) is 44.7. The summed E-state index contributed by atoms with van der Waals surface area (Å²) in [5, 5.41) is 0. The van der Waals surface area contributed by atoms with Gasteiger partial charge < -0.3 is 18.9 Å². The molecule has 0 aromatic heterocycles. The highest BCUT2D eigenvalue weighted by atomic mass is 31.2. The number of phosphoric ester groups is 1. The number of unbranched alkanes of at least 4 members (excludes halogenated alkanes) is 40. The lowest BCUT2D eigenvalue weighted by molar-refractivity contribution is -0.870. The Morgan fingerprint density at radius 3 is 1.03 bits per heavy atom. The standard InChI is InChI=1S/C56H112NO6P/c1-6-8-10-12-14-16-18-20-22-24-26-28-30-32-34-36-38-40-42-44-46-48-51-60-54-56(55-63-64(58,59)62-53-50-57(3,4)5)61-52-49-47-45-43-41-39-37-35-33-31-29-27-25-23-21-19-17-15-13-11-9-7-2/h48-49,51-52,56H,6-47,50,53-55H2,1-5H3/p+1/t56-/m1/s1. The minimum atomic E-state index is -4.19. The lowest BCUT2D eigenvalue weighted by atomic mass is 10.0. The van der Waals surface area contributed by atoms with Crippen LogP contribution in [0.5, 0.6) is 0 Å². The molecule has 0 rings (SSSR count). The number of allylic oxidation sites excluding steroid dienone is 2. The SMILES string of the molecule is CCCCCCCCCCCCCCCCCCCCCCC=COC[C@H](COP(=O)(O)OCC[N+](C)(C)C)OC=CCCCCCCCCCCCCCCCCCCCCCC. The van der Waals surface area contributed by atoms with E-state index in [0.29, 0.717) is 11.0 Å². The predicted octanol–water partition coefficient (Wildman–Crippen LogP) is 18.7. The highest BCUT2D eigenvalue weighted by molar-refractivity contribution is 7.47.